The second-order valence-corrected chi connectivity index (χ2v) is 9.90. The van der Waals surface area contributed by atoms with Gasteiger partial charge in [0, 0.05) is 45.0 Å². The van der Waals surface area contributed by atoms with Gasteiger partial charge in [-0.2, -0.15) is 0 Å². The zero-order valence-electron chi connectivity index (χ0n) is 22.4. The first-order valence-electron chi connectivity index (χ1n) is 13.2. The lowest BCUT2D eigenvalue weighted by molar-refractivity contribution is -0.148. The van der Waals surface area contributed by atoms with Crippen LogP contribution >= 0.6 is 0 Å². The summed E-state index contributed by atoms with van der Waals surface area (Å²) in [7, 11) is 1.48. The van der Waals surface area contributed by atoms with Crippen LogP contribution in [0.3, 0.4) is 0 Å². The Morgan fingerprint density at radius 2 is 2.03 bits per heavy atom. The minimum absolute atomic E-state index is 0.00545. The summed E-state index contributed by atoms with van der Waals surface area (Å²) in [5.74, 6) is 0.160. The summed E-state index contributed by atoms with van der Waals surface area (Å²) in [6, 6.07) is 3.62. The highest BCUT2D eigenvalue weighted by Crippen LogP contribution is 2.34. The third kappa shape index (κ3) is 10.5. The maximum atomic E-state index is 12.6. The molecule has 3 atom stereocenters. The van der Waals surface area contributed by atoms with E-state index in [-0.39, 0.29) is 36.0 Å². The first kappa shape index (κ1) is 30.2. The number of aliphatic hydroxyl groups is 1. The molecule has 1 heterocycles. The van der Waals surface area contributed by atoms with Crippen LogP contribution in [0.5, 0.6) is 11.5 Å². The Bertz CT molecular complexity index is 918. The van der Waals surface area contributed by atoms with Gasteiger partial charge in [-0.1, -0.05) is 32.3 Å². The van der Waals surface area contributed by atoms with Crippen LogP contribution in [0, 0.1) is 5.92 Å². The fourth-order valence-electron chi connectivity index (χ4n) is 4.77. The molecule has 0 radical (unpaired) electrons. The lowest BCUT2D eigenvalue weighted by Gasteiger charge is -2.22. The Morgan fingerprint density at radius 3 is 2.68 bits per heavy atom. The maximum absolute atomic E-state index is 12.6. The Labute approximate surface area is 220 Å². The minimum Gasteiger partial charge on any atom is -0.504 e. The predicted molar refractivity (Wildman–Crippen MR) is 142 cm³/mol. The van der Waals surface area contributed by atoms with E-state index >= 15 is 0 Å². The van der Waals surface area contributed by atoms with Crippen molar-refractivity contribution in [2.24, 2.45) is 22.4 Å². The number of hydrogen-bond acceptors (Lipinski definition) is 7. The number of unbranched alkanes of at least 4 members (excludes halogenated alkanes) is 2. The van der Waals surface area contributed by atoms with Crippen molar-refractivity contribution in [1.82, 2.24) is 4.90 Å². The number of nitrogens with zero attached hydrogens (tertiary/aromatic N) is 2. The van der Waals surface area contributed by atoms with E-state index in [1.54, 1.807) is 11.0 Å². The van der Waals surface area contributed by atoms with Gasteiger partial charge in [-0.25, -0.2) is 0 Å². The Hall–Kier alpha value is -3.01. The van der Waals surface area contributed by atoms with Gasteiger partial charge in [0.05, 0.1) is 13.2 Å². The minimum atomic E-state index is -0.526. The van der Waals surface area contributed by atoms with Crippen LogP contribution in [0.1, 0.15) is 76.3 Å². The molecular weight excluding hydrogens is 476 g/mol. The fourth-order valence-corrected chi connectivity index (χ4v) is 4.77. The van der Waals surface area contributed by atoms with Crippen LogP contribution in [0.25, 0.3) is 0 Å². The number of ether oxygens (including phenoxy) is 2. The molecule has 2 rings (SSSR count). The molecule has 0 bridgehead atoms. The van der Waals surface area contributed by atoms with Crippen LogP contribution in [-0.2, 0) is 27.3 Å². The molecule has 0 aliphatic carbocycles. The summed E-state index contributed by atoms with van der Waals surface area (Å²) in [5, 5.41) is 21.1. The van der Waals surface area contributed by atoms with Gasteiger partial charge in [0.2, 0.25) is 5.91 Å². The van der Waals surface area contributed by atoms with Gasteiger partial charge >= 0.3 is 5.97 Å². The summed E-state index contributed by atoms with van der Waals surface area (Å²) in [6.07, 6.45) is 5.40. The Balaban J connectivity index is 2.06. The van der Waals surface area contributed by atoms with Crippen molar-refractivity contribution in [3.05, 3.63) is 23.3 Å². The molecule has 6 N–H and O–H groups in total. The molecule has 37 heavy (non-hydrogen) atoms. The van der Waals surface area contributed by atoms with E-state index in [0.29, 0.717) is 62.9 Å². The summed E-state index contributed by atoms with van der Waals surface area (Å²) < 4.78 is 10.9. The fraction of sp³-hybridized carbons (Fsp3) is 0.667. The number of benzene rings is 1. The van der Waals surface area contributed by atoms with Gasteiger partial charge in [0.1, 0.15) is 6.10 Å². The average Bonchev–Trinajstić information content (AvgIpc) is 3.17. The van der Waals surface area contributed by atoms with E-state index < -0.39 is 12.2 Å². The number of nitrogens with two attached hydrogens (primary N) is 2. The van der Waals surface area contributed by atoms with E-state index in [2.05, 4.69) is 11.9 Å². The zero-order valence-corrected chi connectivity index (χ0v) is 22.4. The Morgan fingerprint density at radius 1 is 1.27 bits per heavy atom. The third-order valence-electron chi connectivity index (χ3n) is 6.68. The third-order valence-corrected chi connectivity index (χ3v) is 6.68. The number of aliphatic hydroxyl groups excluding tert-OH is 1. The van der Waals surface area contributed by atoms with E-state index in [4.69, 9.17) is 20.9 Å². The molecule has 1 saturated heterocycles. The number of esters is 1. The van der Waals surface area contributed by atoms with Crippen LogP contribution in [0.15, 0.2) is 17.1 Å². The molecule has 208 valence electrons. The molecule has 0 aromatic heterocycles. The normalized spacial score (nSPS) is 16.9. The van der Waals surface area contributed by atoms with Gasteiger partial charge < -0.3 is 36.1 Å². The first-order chi connectivity index (χ1) is 17.6. The van der Waals surface area contributed by atoms with E-state index in [0.717, 1.165) is 24.8 Å². The van der Waals surface area contributed by atoms with Crippen molar-refractivity contribution < 1.29 is 29.3 Å². The molecule has 1 amide bonds. The van der Waals surface area contributed by atoms with E-state index in [9.17, 15) is 19.8 Å². The molecule has 0 unspecified atom stereocenters. The SMILES string of the molecule is CCCCC[C@H](O)C[C@@H](CCc1cc(CN2C[C@@H](CCN=C(N)N)CC2=O)c(O)c(OC)c1)OC(C)=O. The second kappa shape index (κ2) is 15.3. The molecule has 1 aliphatic heterocycles. The molecule has 1 fully saturated rings. The molecule has 10 heteroatoms. The van der Waals surface area contributed by atoms with Crippen molar-refractivity contribution in [2.45, 2.75) is 90.4 Å². The van der Waals surface area contributed by atoms with Crippen molar-refractivity contribution in [2.75, 3.05) is 20.2 Å². The maximum Gasteiger partial charge on any atom is 0.302 e. The van der Waals surface area contributed by atoms with E-state index in [1.165, 1.54) is 14.0 Å². The van der Waals surface area contributed by atoms with Crippen LogP contribution in [0.2, 0.25) is 0 Å². The predicted octanol–water partition coefficient (Wildman–Crippen LogP) is 2.61. The quantitative estimate of drug-likeness (QED) is 0.112. The largest absolute Gasteiger partial charge is 0.504 e. The van der Waals surface area contributed by atoms with Gasteiger partial charge in [-0.05, 0) is 43.2 Å². The molecule has 10 nitrogen and oxygen atoms in total. The summed E-state index contributed by atoms with van der Waals surface area (Å²) in [5.41, 5.74) is 12.2. The molecule has 1 aromatic carbocycles. The Kier molecular flexibility index (Phi) is 12.5. The van der Waals surface area contributed by atoms with Gasteiger partial charge in [0.25, 0.3) is 0 Å². The lowest BCUT2D eigenvalue weighted by atomic mass is 9.98. The van der Waals surface area contributed by atoms with Crippen LogP contribution < -0.4 is 16.2 Å². The molecule has 1 aliphatic rings. The number of aliphatic imine (C=N–C) groups is 1. The number of aryl methyl sites for hydroxylation is 1. The number of phenolic OH excluding ortho intramolecular Hbond substituents is 1. The molecule has 0 saturated carbocycles. The second-order valence-electron chi connectivity index (χ2n) is 9.90. The highest BCUT2D eigenvalue weighted by molar-refractivity contribution is 5.79. The van der Waals surface area contributed by atoms with Crippen LogP contribution in [-0.4, -0.2) is 65.4 Å². The van der Waals surface area contributed by atoms with Gasteiger partial charge in [-0.15, -0.1) is 0 Å². The van der Waals surface area contributed by atoms with Crippen molar-refractivity contribution in [1.29, 1.82) is 0 Å². The standard InChI is InChI=1S/C27H44N4O6/c1-4-5-6-7-22(33)15-23(37-18(2)32)9-8-19-12-21(26(35)24(13-19)36-3)17-31-16-20(14-25(31)34)10-11-30-27(28)29/h12-13,20,22-23,33,35H,4-11,14-17H2,1-3H3,(H4,28,29,30)/t20-,22-,23+/m0/s1. The molecule has 1 aromatic rings. The first-order valence-corrected chi connectivity index (χ1v) is 13.2. The topological polar surface area (TPSA) is 161 Å². The van der Waals surface area contributed by atoms with Gasteiger partial charge in [0.15, 0.2) is 17.5 Å². The number of aromatic hydroxyl groups is 1. The lowest BCUT2D eigenvalue weighted by Crippen LogP contribution is -2.25. The molecular formula is C27H44N4O6. The summed E-state index contributed by atoms with van der Waals surface area (Å²) in [4.78, 5) is 30.0. The average molecular weight is 521 g/mol. The number of guanidine groups is 1. The summed E-state index contributed by atoms with van der Waals surface area (Å²) >= 11 is 0. The summed E-state index contributed by atoms with van der Waals surface area (Å²) in [6.45, 7) is 4.78. The van der Waals surface area contributed by atoms with E-state index in [1.807, 2.05) is 6.07 Å². The van der Waals surface area contributed by atoms with Crippen molar-refractivity contribution in [3.63, 3.8) is 0 Å². The van der Waals surface area contributed by atoms with Crippen molar-refractivity contribution in [3.8, 4) is 11.5 Å². The number of amides is 1. The highest BCUT2D eigenvalue weighted by atomic mass is 16.5. The number of rotatable bonds is 16. The highest BCUT2D eigenvalue weighted by Gasteiger charge is 2.30. The number of carbonyl (C=O) groups is 2. The molecule has 0 spiro atoms. The van der Waals surface area contributed by atoms with Crippen molar-refractivity contribution >= 4 is 17.8 Å². The number of methoxy groups -OCH3 is 1. The number of carbonyl (C=O) groups excluding carboxylic acids is 2. The number of hydrogen-bond donors (Lipinski definition) is 4. The monoisotopic (exact) mass is 520 g/mol. The number of likely N-dealkylation sites (tertiary alicyclic amines) is 1. The zero-order chi connectivity index (χ0) is 27.4. The number of phenols is 1. The van der Waals surface area contributed by atoms with Gasteiger partial charge in [-0.3, -0.25) is 14.6 Å². The van der Waals surface area contributed by atoms with Crippen LogP contribution in [0.4, 0.5) is 0 Å². The smallest absolute Gasteiger partial charge is 0.302 e.